The molecule has 128 valence electrons. The summed E-state index contributed by atoms with van der Waals surface area (Å²) in [6.45, 7) is 1.93. The highest BCUT2D eigenvalue weighted by Crippen LogP contribution is 2.38. The van der Waals surface area contributed by atoms with Crippen LogP contribution in [0.15, 0.2) is 54.6 Å². The molecular formula is C20H19ClN2O2. The smallest absolute Gasteiger partial charge is 0.251 e. The standard InChI is InChI=1S/C20H19ClN2O2/c1-13-11-17(20(22)25)16-7-2-3-8-18(16)23(13)19(24)10-9-14-5-4-6-15(21)12-14/h2-10,12-13,17H,11H2,1H3,(H2,22,25)/b10-9+/t13-,17+/m0/s1. The van der Waals surface area contributed by atoms with Crippen LogP contribution in [0.2, 0.25) is 5.02 Å². The molecule has 2 N–H and O–H groups in total. The van der Waals surface area contributed by atoms with Crippen molar-refractivity contribution in [2.24, 2.45) is 5.73 Å². The van der Waals surface area contributed by atoms with E-state index in [0.29, 0.717) is 11.4 Å². The highest BCUT2D eigenvalue weighted by Gasteiger charge is 2.35. The molecule has 0 fully saturated rings. The van der Waals surface area contributed by atoms with Gasteiger partial charge >= 0.3 is 0 Å². The fourth-order valence-electron chi connectivity index (χ4n) is 3.28. The lowest BCUT2D eigenvalue weighted by Gasteiger charge is -2.37. The number of benzene rings is 2. The van der Waals surface area contributed by atoms with Crippen LogP contribution >= 0.6 is 11.6 Å². The van der Waals surface area contributed by atoms with Crippen molar-refractivity contribution < 1.29 is 9.59 Å². The molecule has 0 aromatic heterocycles. The van der Waals surface area contributed by atoms with Crippen molar-refractivity contribution in [2.75, 3.05) is 4.90 Å². The van der Waals surface area contributed by atoms with Crippen molar-refractivity contribution in [3.05, 3.63) is 70.8 Å². The van der Waals surface area contributed by atoms with Crippen molar-refractivity contribution in [3.8, 4) is 0 Å². The number of nitrogens with two attached hydrogens (primary N) is 1. The maximum absolute atomic E-state index is 12.8. The molecule has 2 atom stereocenters. The maximum atomic E-state index is 12.8. The molecular weight excluding hydrogens is 336 g/mol. The second-order valence-corrected chi connectivity index (χ2v) is 6.63. The van der Waals surface area contributed by atoms with E-state index < -0.39 is 0 Å². The van der Waals surface area contributed by atoms with Crippen LogP contribution in [-0.4, -0.2) is 17.9 Å². The Morgan fingerprint density at radius 3 is 2.68 bits per heavy atom. The first-order valence-electron chi connectivity index (χ1n) is 8.12. The van der Waals surface area contributed by atoms with E-state index in [1.54, 1.807) is 23.1 Å². The van der Waals surface area contributed by atoms with E-state index in [0.717, 1.165) is 16.8 Å². The van der Waals surface area contributed by atoms with E-state index in [1.807, 2.05) is 43.3 Å². The van der Waals surface area contributed by atoms with Gasteiger partial charge in [0.25, 0.3) is 5.91 Å². The predicted octanol–water partition coefficient (Wildman–Crippen LogP) is 3.75. The minimum Gasteiger partial charge on any atom is -0.369 e. The van der Waals surface area contributed by atoms with Crippen LogP contribution in [-0.2, 0) is 9.59 Å². The van der Waals surface area contributed by atoms with Gasteiger partial charge in [-0.3, -0.25) is 9.59 Å². The van der Waals surface area contributed by atoms with Gasteiger partial charge in [0.2, 0.25) is 5.91 Å². The van der Waals surface area contributed by atoms with Gasteiger partial charge in [0.1, 0.15) is 0 Å². The largest absolute Gasteiger partial charge is 0.369 e. The zero-order valence-corrected chi connectivity index (χ0v) is 14.6. The number of hydrogen-bond donors (Lipinski definition) is 1. The second kappa shape index (κ2) is 7.11. The van der Waals surface area contributed by atoms with Crippen molar-refractivity contribution in [3.63, 3.8) is 0 Å². The topological polar surface area (TPSA) is 63.4 Å². The Hall–Kier alpha value is -2.59. The first-order chi connectivity index (χ1) is 12.0. The molecule has 1 heterocycles. The molecule has 1 aliphatic rings. The average molecular weight is 355 g/mol. The summed E-state index contributed by atoms with van der Waals surface area (Å²) in [4.78, 5) is 26.3. The first-order valence-corrected chi connectivity index (χ1v) is 8.50. The van der Waals surface area contributed by atoms with Gasteiger partial charge in [-0.05, 0) is 48.7 Å². The third-order valence-corrected chi connectivity index (χ3v) is 4.67. The molecule has 0 spiro atoms. The van der Waals surface area contributed by atoms with Crippen LogP contribution in [0.3, 0.4) is 0 Å². The first kappa shape index (κ1) is 17.2. The molecule has 0 saturated carbocycles. The molecule has 2 aromatic carbocycles. The molecule has 0 aliphatic carbocycles. The lowest BCUT2D eigenvalue weighted by atomic mass is 9.85. The maximum Gasteiger partial charge on any atom is 0.251 e. The SMILES string of the molecule is C[C@H]1C[C@@H](C(N)=O)c2ccccc2N1C(=O)/C=C/c1cccc(Cl)c1. The molecule has 3 rings (SSSR count). The van der Waals surface area contributed by atoms with Crippen LogP contribution in [0, 0.1) is 0 Å². The number of hydrogen-bond acceptors (Lipinski definition) is 2. The Bertz CT molecular complexity index is 847. The third kappa shape index (κ3) is 3.59. The van der Waals surface area contributed by atoms with E-state index in [-0.39, 0.29) is 23.8 Å². The van der Waals surface area contributed by atoms with E-state index in [9.17, 15) is 9.59 Å². The van der Waals surface area contributed by atoms with Crippen molar-refractivity contribution in [1.29, 1.82) is 0 Å². The van der Waals surface area contributed by atoms with Crippen LogP contribution < -0.4 is 10.6 Å². The zero-order valence-electron chi connectivity index (χ0n) is 13.9. The summed E-state index contributed by atoms with van der Waals surface area (Å²) < 4.78 is 0. The molecule has 0 unspecified atom stereocenters. The lowest BCUT2D eigenvalue weighted by Crippen LogP contribution is -2.44. The molecule has 0 radical (unpaired) electrons. The number of para-hydroxylation sites is 1. The summed E-state index contributed by atoms with van der Waals surface area (Å²) >= 11 is 5.97. The lowest BCUT2D eigenvalue weighted by molar-refractivity contribution is -0.120. The Morgan fingerprint density at radius 2 is 1.96 bits per heavy atom. The zero-order chi connectivity index (χ0) is 18.0. The normalized spacial score (nSPS) is 19.7. The molecule has 4 nitrogen and oxygen atoms in total. The summed E-state index contributed by atoms with van der Waals surface area (Å²) in [7, 11) is 0. The predicted molar refractivity (Wildman–Crippen MR) is 100 cm³/mol. The van der Waals surface area contributed by atoms with E-state index >= 15 is 0 Å². The summed E-state index contributed by atoms with van der Waals surface area (Å²) in [5.74, 6) is -0.865. The highest BCUT2D eigenvalue weighted by molar-refractivity contribution is 6.30. The van der Waals surface area contributed by atoms with E-state index in [1.165, 1.54) is 6.08 Å². The summed E-state index contributed by atoms with van der Waals surface area (Å²) in [6, 6.07) is 14.6. The van der Waals surface area contributed by atoms with Gasteiger partial charge in [0, 0.05) is 22.8 Å². The molecule has 0 saturated heterocycles. The Balaban J connectivity index is 1.91. The Morgan fingerprint density at radius 1 is 1.20 bits per heavy atom. The van der Waals surface area contributed by atoms with Crippen molar-refractivity contribution in [2.45, 2.75) is 25.3 Å². The van der Waals surface area contributed by atoms with Crippen LogP contribution in [0.25, 0.3) is 6.08 Å². The Kier molecular flexibility index (Phi) is 4.91. The van der Waals surface area contributed by atoms with Crippen LogP contribution in [0.4, 0.5) is 5.69 Å². The quantitative estimate of drug-likeness (QED) is 0.853. The van der Waals surface area contributed by atoms with Gasteiger partial charge in [0.05, 0.1) is 5.92 Å². The fourth-order valence-corrected chi connectivity index (χ4v) is 3.47. The van der Waals surface area contributed by atoms with Crippen molar-refractivity contribution >= 4 is 35.2 Å². The van der Waals surface area contributed by atoms with Gasteiger partial charge in [-0.2, -0.15) is 0 Å². The number of primary amides is 1. The minimum absolute atomic E-state index is 0.121. The van der Waals surface area contributed by atoms with Crippen LogP contribution in [0.1, 0.15) is 30.4 Å². The monoisotopic (exact) mass is 354 g/mol. The van der Waals surface area contributed by atoms with Gasteiger partial charge in [-0.1, -0.05) is 41.9 Å². The number of carbonyl (C=O) groups excluding carboxylic acids is 2. The summed E-state index contributed by atoms with van der Waals surface area (Å²) in [5, 5.41) is 0.621. The fraction of sp³-hybridized carbons (Fsp3) is 0.200. The number of halogens is 1. The van der Waals surface area contributed by atoms with E-state index in [2.05, 4.69) is 0 Å². The molecule has 25 heavy (non-hydrogen) atoms. The van der Waals surface area contributed by atoms with Crippen molar-refractivity contribution in [1.82, 2.24) is 0 Å². The third-order valence-electron chi connectivity index (χ3n) is 4.44. The minimum atomic E-state index is -0.368. The Labute approximate surface area is 151 Å². The number of anilines is 1. The molecule has 2 aromatic rings. The highest BCUT2D eigenvalue weighted by atomic mass is 35.5. The molecule has 5 heteroatoms. The summed E-state index contributed by atoms with van der Waals surface area (Å²) in [6.07, 6.45) is 3.79. The van der Waals surface area contributed by atoms with Crippen LogP contribution in [0.5, 0.6) is 0 Å². The number of rotatable bonds is 3. The number of amides is 2. The molecule has 0 bridgehead atoms. The molecule has 2 amide bonds. The summed E-state index contributed by atoms with van der Waals surface area (Å²) in [5.41, 5.74) is 7.95. The molecule has 1 aliphatic heterocycles. The van der Waals surface area contributed by atoms with Gasteiger partial charge < -0.3 is 10.6 Å². The second-order valence-electron chi connectivity index (χ2n) is 6.20. The van der Waals surface area contributed by atoms with Gasteiger partial charge in [-0.15, -0.1) is 0 Å². The van der Waals surface area contributed by atoms with Gasteiger partial charge in [-0.25, -0.2) is 0 Å². The van der Waals surface area contributed by atoms with E-state index in [4.69, 9.17) is 17.3 Å². The number of fused-ring (bicyclic) bond motifs is 1. The average Bonchev–Trinajstić information content (AvgIpc) is 2.59. The number of carbonyl (C=O) groups is 2. The van der Waals surface area contributed by atoms with Gasteiger partial charge in [0.15, 0.2) is 0 Å². The number of nitrogens with zero attached hydrogens (tertiary/aromatic N) is 1.